The van der Waals surface area contributed by atoms with Gasteiger partial charge < -0.3 is 0 Å². The fraction of sp³-hybridized carbons (Fsp3) is 0.115. The third kappa shape index (κ3) is 6.85. The Morgan fingerprint density at radius 2 is 0.635 bits per heavy atom. The highest BCUT2D eigenvalue weighted by Gasteiger charge is 2.17. The molecule has 0 heteroatoms. The molecule has 0 aliphatic carbocycles. The molecule has 0 N–H and O–H groups in total. The minimum absolute atomic E-state index is 1.23. The average molecular weight is 673 g/mol. The molecule has 0 amide bonds. The number of rotatable bonds is 4. The molecule has 9 aromatic carbocycles. The Morgan fingerprint density at radius 3 is 1.25 bits per heavy atom. The van der Waals surface area contributed by atoms with E-state index in [0.717, 1.165) is 0 Å². The molecule has 0 aromatic heterocycles. The predicted octanol–water partition coefficient (Wildman–Crippen LogP) is 16.0. The van der Waals surface area contributed by atoms with Crippen LogP contribution in [0.2, 0.25) is 0 Å². The van der Waals surface area contributed by atoms with Gasteiger partial charge in [-0.3, -0.25) is 0 Å². The zero-order valence-electron chi connectivity index (χ0n) is 31.3. The molecular weight excluding hydrogens is 625 g/mol. The van der Waals surface area contributed by atoms with E-state index in [2.05, 4.69) is 182 Å². The largest absolute Gasteiger partial charge is 0.0683 e. The molecule has 0 aliphatic heterocycles. The molecule has 0 saturated heterocycles. The summed E-state index contributed by atoms with van der Waals surface area (Å²) in [6, 6.07) is 66.5. The second kappa shape index (κ2) is 16.8. The maximum atomic E-state index is 2.36. The maximum absolute atomic E-state index is 2.36. The molecule has 0 saturated carbocycles. The second-order valence-electron chi connectivity index (χ2n) is 12.1. The lowest BCUT2D eigenvalue weighted by Gasteiger charge is -2.18. The van der Waals surface area contributed by atoms with Crippen LogP contribution in [0.15, 0.2) is 182 Å². The van der Waals surface area contributed by atoms with Crippen molar-refractivity contribution in [3.63, 3.8) is 0 Å². The van der Waals surface area contributed by atoms with Gasteiger partial charge >= 0.3 is 0 Å². The average Bonchev–Trinajstić information content (AvgIpc) is 3.24. The van der Waals surface area contributed by atoms with Crippen LogP contribution in [0.5, 0.6) is 0 Å². The first kappa shape index (κ1) is 35.8. The van der Waals surface area contributed by atoms with Crippen LogP contribution >= 0.6 is 0 Å². The first-order chi connectivity index (χ1) is 25.8. The molecule has 0 fully saturated rings. The zero-order valence-corrected chi connectivity index (χ0v) is 31.3. The summed E-state index contributed by atoms with van der Waals surface area (Å²) in [6.45, 7) is 12.0. The summed E-state index contributed by atoms with van der Waals surface area (Å²) in [5.41, 5.74) is 9.98. The molecule has 0 spiro atoms. The molecule has 0 atom stereocenters. The van der Waals surface area contributed by atoms with Gasteiger partial charge in [-0.25, -0.2) is 0 Å². The third-order valence-corrected chi connectivity index (χ3v) is 9.44. The van der Waals surface area contributed by atoms with Gasteiger partial charge in [0.25, 0.3) is 0 Å². The summed E-state index contributed by atoms with van der Waals surface area (Å²) >= 11 is 0. The fourth-order valence-corrected chi connectivity index (χ4v) is 7.27. The van der Waals surface area contributed by atoms with Crippen LogP contribution in [0.4, 0.5) is 0 Å². The van der Waals surface area contributed by atoms with Crippen molar-refractivity contribution in [3.8, 4) is 44.5 Å². The molecular formula is C52H48. The van der Waals surface area contributed by atoms with Crippen LogP contribution in [0.1, 0.15) is 41.5 Å². The molecule has 9 aromatic rings. The van der Waals surface area contributed by atoms with E-state index >= 15 is 0 Å². The van der Waals surface area contributed by atoms with Crippen LogP contribution < -0.4 is 0 Å². The Kier molecular flexibility index (Phi) is 11.6. The molecule has 52 heavy (non-hydrogen) atoms. The van der Waals surface area contributed by atoms with Gasteiger partial charge in [-0.2, -0.15) is 0 Å². The SMILES string of the molecule is CC.CC.CC.c1cc(-c2ccc3ccccc3c2)cc(-c2c3ccccc3c(-c3ccc(-c4cccc5ccccc45)cc3)c3ccccc23)c1. The second-order valence-corrected chi connectivity index (χ2v) is 12.1. The van der Waals surface area contributed by atoms with E-state index in [-0.39, 0.29) is 0 Å². The van der Waals surface area contributed by atoms with Crippen LogP contribution in [0.25, 0.3) is 87.6 Å². The molecule has 9 rings (SSSR count). The molecule has 0 nitrogen and oxygen atoms in total. The number of benzene rings is 9. The van der Waals surface area contributed by atoms with Gasteiger partial charge in [0.2, 0.25) is 0 Å². The predicted molar refractivity (Wildman–Crippen MR) is 232 cm³/mol. The Morgan fingerprint density at radius 1 is 0.231 bits per heavy atom. The summed E-state index contributed by atoms with van der Waals surface area (Å²) in [7, 11) is 0. The van der Waals surface area contributed by atoms with Crippen LogP contribution in [-0.2, 0) is 0 Å². The molecule has 0 bridgehead atoms. The fourth-order valence-electron chi connectivity index (χ4n) is 7.27. The topological polar surface area (TPSA) is 0 Å². The van der Waals surface area contributed by atoms with E-state index in [1.54, 1.807) is 0 Å². The number of hydrogen-bond acceptors (Lipinski definition) is 0. The van der Waals surface area contributed by atoms with Crippen molar-refractivity contribution in [1.29, 1.82) is 0 Å². The van der Waals surface area contributed by atoms with Gasteiger partial charge in [-0.1, -0.05) is 211 Å². The Labute approximate surface area is 310 Å². The van der Waals surface area contributed by atoms with Crippen molar-refractivity contribution in [2.45, 2.75) is 41.5 Å². The monoisotopic (exact) mass is 672 g/mol. The lowest BCUT2D eigenvalue weighted by Crippen LogP contribution is -1.91. The van der Waals surface area contributed by atoms with E-state index in [9.17, 15) is 0 Å². The summed E-state index contributed by atoms with van der Waals surface area (Å²) in [5.74, 6) is 0. The Balaban J connectivity index is 0.000000738. The standard InChI is InChI=1S/C46H30.3C2H6/c1-2-13-35-29-37(28-23-31(35)11-1)36-15-9-16-38(30-36)46-43-20-7-5-18-41(43)45(42-19-6-8-21-44(42)46)34-26-24-33(25-27-34)40-22-10-14-32-12-3-4-17-39(32)40;3*1-2/h1-30H;3*1-2H3. The van der Waals surface area contributed by atoms with E-state index in [1.807, 2.05) is 41.5 Å². The third-order valence-electron chi connectivity index (χ3n) is 9.44. The van der Waals surface area contributed by atoms with Gasteiger partial charge in [-0.05, 0) is 99.7 Å². The van der Waals surface area contributed by atoms with Gasteiger partial charge in [0.15, 0.2) is 0 Å². The molecule has 0 radical (unpaired) electrons. The van der Waals surface area contributed by atoms with Gasteiger partial charge in [0, 0.05) is 0 Å². The van der Waals surface area contributed by atoms with Crippen molar-refractivity contribution in [2.75, 3.05) is 0 Å². The smallest absolute Gasteiger partial charge is 0.00262 e. The lowest BCUT2D eigenvalue weighted by molar-refractivity contribution is 1.50. The minimum Gasteiger partial charge on any atom is -0.0683 e. The van der Waals surface area contributed by atoms with Crippen LogP contribution in [0, 0.1) is 0 Å². The normalized spacial score (nSPS) is 10.5. The Bertz CT molecular complexity index is 2510. The molecule has 0 aliphatic rings. The lowest BCUT2D eigenvalue weighted by atomic mass is 9.85. The quantitative estimate of drug-likeness (QED) is 0.163. The summed E-state index contributed by atoms with van der Waals surface area (Å²) in [6.07, 6.45) is 0. The van der Waals surface area contributed by atoms with E-state index in [1.165, 1.54) is 87.6 Å². The summed E-state index contributed by atoms with van der Waals surface area (Å²) in [4.78, 5) is 0. The van der Waals surface area contributed by atoms with Crippen LogP contribution in [-0.4, -0.2) is 0 Å². The molecule has 0 heterocycles. The van der Waals surface area contributed by atoms with E-state index < -0.39 is 0 Å². The first-order valence-electron chi connectivity index (χ1n) is 18.9. The first-order valence-corrected chi connectivity index (χ1v) is 18.9. The van der Waals surface area contributed by atoms with Crippen molar-refractivity contribution in [1.82, 2.24) is 0 Å². The molecule has 0 unspecified atom stereocenters. The highest BCUT2D eigenvalue weighted by atomic mass is 14.2. The highest BCUT2D eigenvalue weighted by Crippen LogP contribution is 2.44. The van der Waals surface area contributed by atoms with E-state index in [4.69, 9.17) is 0 Å². The maximum Gasteiger partial charge on any atom is -0.00262 e. The zero-order chi connectivity index (χ0) is 36.5. The number of fused-ring (bicyclic) bond motifs is 4. The van der Waals surface area contributed by atoms with Gasteiger partial charge in [-0.15, -0.1) is 0 Å². The van der Waals surface area contributed by atoms with Gasteiger partial charge in [0.05, 0.1) is 0 Å². The van der Waals surface area contributed by atoms with Crippen molar-refractivity contribution >= 4 is 43.1 Å². The van der Waals surface area contributed by atoms with Crippen molar-refractivity contribution < 1.29 is 0 Å². The van der Waals surface area contributed by atoms with E-state index in [0.29, 0.717) is 0 Å². The minimum atomic E-state index is 1.23. The van der Waals surface area contributed by atoms with Crippen molar-refractivity contribution in [2.24, 2.45) is 0 Å². The van der Waals surface area contributed by atoms with Crippen LogP contribution in [0.3, 0.4) is 0 Å². The number of hydrogen-bond donors (Lipinski definition) is 0. The van der Waals surface area contributed by atoms with Crippen molar-refractivity contribution in [3.05, 3.63) is 182 Å². The summed E-state index contributed by atoms with van der Waals surface area (Å²) < 4.78 is 0. The molecule has 256 valence electrons. The van der Waals surface area contributed by atoms with Gasteiger partial charge in [0.1, 0.15) is 0 Å². The Hall–Kier alpha value is -5.98. The highest BCUT2D eigenvalue weighted by molar-refractivity contribution is 6.21. The summed E-state index contributed by atoms with van der Waals surface area (Å²) in [5, 5.41) is 10.1.